The number of nitrogens with one attached hydrogen (secondary N) is 1. The highest BCUT2D eigenvalue weighted by Crippen LogP contribution is 2.19. The van der Waals surface area contributed by atoms with Crippen LogP contribution >= 0.6 is 0 Å². The third-order valence-electron chi connectivity index (χ3n) is 3.72. The molecule has 0 saturated carbocycles. The summed E-state index contributed by atoms with van der Waals surface area (Å²) in [5, 5.41) is 3.53. The predicted molar refractivity (Wildman–Crippen MR) is 86.1 cm³/mol. The van der Waals surface area contributed by atoms with E-state index in [0.29, 0.717) is 12.0 Å². The summed E-state index contributed by atoms with van der Waals surface area (Å²) in [5.41, 5.74) is -0.428. The van der Waals surface area contributed by atoms with E-state index in [1.807, 2.05) is 25.7 Å². The topological polar surface area (TPSA) is 41.6 Å². The van der Waals surface area contributed by atoms with Gasteiger partial charge in [-0.15, -0.1) is 12.3 Å². The molecule has 4 nitrogen and oxygen atoms in total. The van der Waals surface area contributed by atoms with E-state index in [1.54, 1.807) is 0 Å². The molecule has 21 heavy (non-hydrogen) atoms. The highest BCUT2D eigenvalue weighted by Gasteiger charge is 2.27. The Kier molecular flexibility index (Phi) is 7.04. The number of carbonyl (C=O) groups is 1. The summed E-state index contributed by atoms with van der Waals surface area (Å²) in [7, 11) is 0. The maximum absolute atomic E-state index is 12.1. The normalized spacial score (nSPS) is 20.7. The van der Waals surface area contributed by atoms with Gasteiger partial charge in [0, 0.05) is 25.6 Å². The SMILES string of the molecule is C#CCC(CC)NCC1CCCN(C(=O)OC(C)(C)C)C1. The average molecular weight is 294 g/mol. The molecule has 2 unspecified atom stereocenters. The minimum Gasteiger partial charge on any atom is -0.444 e. The van der Waals surface area contributed by atoms with Crippen molar-refractivity contribution in [2.75, 3.05) is 19.6 Å². The summed E-state index contributed by atoms with van der Waals surface area (Å²) < 4.78 is 5.45. The fourth-order valence-corrected chi connectivity index (χ4v) is 2.56. The number of rotatable bonds is 5. The van der Waals surface area contributed by atoms with Gasteiger partial charge in [-0.2, -0.15) is 0 Å². The highest BCUT2D eigenvalue weighted by molar-refractivity contribution is 5.68. The molecule has 2 atom stereocenters. The zero-order valence-electron chi connectivity index (χ0n) is 13.9. The summed E-state index contributed by atoms with van der Waals surface area (Å²) >= 11 is 0. The molecule has 1 aliphatic rings. The second-order valence-electron chi connectivity index (χ2n) is 6.86. The Morgan fingerprint density at radius 1 is 1.52 bits per heavy atom. The van der Waals surface area contributed by atoms with Crippen LogP contribution in [0.3, 0.4) is 0 Å². The minimum absolute atomic E-state index is 0.192. The molecule has 0 spiro atoms. The molecule has 1 aliphatic heterocycles. The highest BCUT2D eigenvalue weighted by atomic mass is 16.6. The van der Waals surface area contributed by atoms with Crippen molar-refractivity contribution in [1.29, 1.82) is 0 Å². The van der Waals surface area contributed by atoms with Crippen LogP contribution in [0.2, 0.25) is 0 Å². The van der Waals surface area contributed by atoms with Crippen molar-refractivity contribution in [3.63, 3.8) is 0 Å². The summed E-state index contributed by atoms with van der Waals surface area (Å²) in [6, 6.07) is 0.381. The van der Waals surface area contributed by atoms with Crippen molar-refractivity contribution in [2.45, 2.75) is 65.0 Å². The van der Waals surface area contributed by atoms with Gasteiger partial charge in [0.25, 0.3) is 0 Å². The van der Waals surface area contributed by atoms with Crippen molar-refractivity contribution in [3.05, 3.63) is 0 Å². The molecular formula is C17H30N2O2. The lowest BCUT2D eigenvalue weighted by Crippen LogP contribution is -2.46. The Morgan fingerprint density at radius 3 is 2.81 bits per heavy atom. The Balaban J connectivity index is 2.42. The van der Waals surface area contributed by atoms with Gasteiger partial charge in [0.15, 0.2) is 0 Å². The third-order valence-corrected chi connectivity index (χ3v) is 3.72. The van der Waals surface area contributed by atoms with E-state index in [-0.39, 0.29) is 6.09 Å². The summed E-state index contributed by atoms with van der Waals surface area (Å²) in [6.45, 7) is 10.3. The average Bonchev–Trinajstić information content (AvgIpc) is 2.42. The summed E-state index contributed by atoms with van der Waals surface area (Å²) in [6.07, 6.45) is 9.17. The molecule has 0 aromatic heterocycles. The van der Waals surface area contributed by atoms with Crippen LogP contribution in [0.1, 0.15) is 53.4 Å². The van der Waals surface area contributed by atoms with Crippen LogP contribution in [-0.2, 0) is 4.74 Å². The van der Waals surface area contributed by atoms with E-state index >= 15 is 0 Å². The summed E-state index contributed by atoms with van der Waals surface area (Å²) in [4.78, 5) is 13.9. The van der Waals surface area contributed by atoms with Crippen LogP contribution in [0.15, 0.2) is 0 Å². The Hall–Kier alpha value is -1.21. The van der Waals surface area contributed by atoms with Gasteiger partial charge in [-0.25, -0.2) is 4.79 Å². The van der Waals surface area contributed by atoms with Crippen LogP contribution in [-0.4, -0.2) is 42.3 Å². The number of ether oxygens (including phenoxy) is 1. The van der Waals surface area contributed by atoms with Crippen LogP contribution < -0.4 is 5.32 Å². The minimum atomic E-state index is -0.428. The van der Waals surface area contributed by atoms with Crippen molar-refractivity contribution < 1.29 is 9.53 Å². The third kappa shape index (κ3) is 6.86. The zero-order chi connectivity index (χ0) is 15.9. The standard InChI is InChI=1S/C17H30N2O2/c1-6-9-15(7-2)18-12-14-10-8-11-19(13-14)16(20)21-17(3,4)5/h1,14-15,18H,7-13H2,2-5H3. The first-order valence-electron chi connectivity index (χ1n) is 8.00. The molecule has 0 aliphatic carbocycles. The van der Waals surface area contributed by atoms with Gasteiger partial charge in [-0.05, 0) is 52.5 Å². The number of nitrogens with zero attached hydrogens (tertiary/aromatic N) is 1. The second kappa shape index (κ2) is 8.29. The fraction of sp³-hybridized carbons (Fsp3) is 0.824. The molecule has 1 fully saturated rings. The molecule has 120 valence electrons. The Bertz CT molecular complexity index is 368. The van der Waals surface area contributed by atoms with Crippen molar-refractivity contribution in [2.24, 2.45) is 5.92 Å². The molecule has 1 heterocycles. The van der Waals surface area contributed by atoms with Gasteiger partial charge < -0.3 is 15.0 Å². The molecule has 1 saturated heterocycles. The van der Waals surface area contributed by atoms with E-state index in [2.05, 4.69) is 18.2 Å². The first-order chi connectivity index (χ1) is 9.85. The van der Waals surface area contributed by atoms with E-state index < -0.39 is 5.60 Å². The van der Waals surface area contributed by atoms with Crippen molar-refractivity contribution >= 4 is 6.09 Å². The largest absolute Gasteiger partial charge is 0.444 e. The quantitative estimate of drug-likeness (QED) is 0.793. The van der Waals surface area contributed by atoms with Crippen LogP contribution in [0.25, 0.3) is 0 Å². The van der Waals surface area contributed by atoms with Crippen LogP contribution in [0.4, 0.5) is 4.79 Å². The molecule has 0 aromatic carbocycles. The Labute approximate surface area is 129 Å². The van der Waals surface area contributed by atoms with Crippen LogP contribution in [0, 0.1) is 18.3 Å². The summed E-state index contributed by atoms with van der Waals surface area (Å²) in [5.74, 6) is 3.20. The zero-order valence-corrected chi connectivity index (χ0v) is 13.9. The number of hydrogen-bond acceptors (Lipinski definition) is 3. The monoisotopic (exact) mass is 294 g/mol. The molecule has 1 amide bonds. The number of hydrogen-bond donors (Lipinski definition) is 1. The van der Waals surface area contributed by atoms with Gasteiger partial charge in [-0.1, -0.05) is 6.92 Å². The maximum atomic E-state index is 12.1. The molecule has 0 bridgehead atoms. The van der Waals surface area contributed by atoms with Gasteiger partial charge in [-0.3, -0.25) is 0 Å². The molecule has 1 N–H and O–H groups in total. The maximum Gasteiger partial charge on any atom is 0.410 e. The van der Waals surface area contributed by atoms with Gasteiger partial charge in [0.2, 0.25) is 0 Å². The van der Waals surface area contributed by atoms with Crippen molar-refractivity contribution in [3.8, 4) is 12.3 Å². The number of terminal acetylenes is 1. The first-order valence-corrected chi connectivity index (χ1v) is 8.00. The number of piperidine rings is 1. The Morgan fingerprint density at radius 2 is 2.24 bits per heavy atom. The van der Waals surface area contributed by atoms with E-state index in [4.69, 9.17) is 11.2 Å². The predicted octanol–water partition coefficient (Wildman–Crippen LogP) is 3.03. The molecule has 0 aromatic rings. The lowest BCUT2D eigenvalue weighted by atomic mass is 9.97. The van der Waals surface area contributed by atoms with E-state index in [0.717, 1.165) is 45.3 Å². The molecule has 4 heteroatoms. The molecule has 1 rings (SSSR count). The smallest absolute Gasteiger partial charge is 0.410 e. The fourth-order valence-electron chi connectivity index (χ4n) is 2.56. The van der Waals surface area contributed by atoms with Crippen LogP contribution in [0.5, 0.6) is 0 Å². The molecule has 0 radical (unpaired) electrons. The number of likely N-dealkylation sites (tertiary alicyclic amines) is 1. The number of amides is 1. The lowest BCUT2D eigenvalue weighted by molar-refractivity contribution is 0.0165. The molecular weight excluding hydrogens is 264 g/mol. The number of carbonyl (C=O) groups excluding carboxylic acids is 1. The second-order valence-corrected chi connectivity index (χ2v) is 6.86. The van der Waals surface area contributed by atoms with Crippen molar-refractivity contribution in [1.82, 2.24) is 10.2 Å². The van der Waals surface area contributed by atoms with E-state index in [1.165, 1.54) is 0 Å². The van der Waals surface area contributed by atoms with Gasteiger partial charge in [0.05, 0.1) is 0 Å². The van der Waals surface area contributed by atoms with Gasteiger partial charge in [0.1, 0.15) is 5.60 Å². The van der Waals surface area contributed by atoms with Gasteiger partial charge >= 0.3 is 6.09 Å². The first kappa shape index (κ1) is 17.8. The lowest BCUT2D eigenvalue weighted by Gasteiger charge is -2.34. The van der Waals surface area contributed by atoms with E-state index in [9.17, 15) is 4.79 Å².